The van der Waals surface area contributed by atoms with Gasteiger partial charge in [0.2, 0.25) is 5.91 Å². The van der Waals surface area contributed by atoms with Gasteiger partial charge in [0.25, 0.3) is 5.91 Å². The number of H-pyrrole nitrogens is 1. The first-order chi connectivity index (χ1) is 10.0. The lowest BCUT2D eigenvalue weighted by molar-refractivity contribution is -0.136. The molecule has 0 spiro atoms. The van der Waals surface area contributed by atoms with Gasteiger partial charge in [0.15, 0.2) is 11.4 Å². The number of hydrogen-bond donors (Lipinski definition) is 3. The van der Waals surface area contributed by atoms with Crippen LogP contribution in [0.25, 0.3) is 0 Å². The Morgan fingerprint density at radius 1 is 1.43 bits per heavy atom. The predicted molar refractivity (Wildman–Crippen MR) is 69.9 cm³/mol. The maximum Gasteiger partial charge on any atom is 0.354 e. The van der Waals surface area contributed by atoms with Gasteiger partial charge in [0.1, 0.15) is 6.04 Å². The molecule has 9 heteroatoms. The van der Waals surface area contributed by atoms with Gasteiger partial charge in [0.05, 0.1) is 19.5 Å². The molecule has 0 aliphatic carbocycles. The smallest absolute Gasteiger partial charge is 0.354 e. The van der Waals surface area contributed by atoms with Gasteiger partial charge in [-0.2, -0.15) is 0 Å². The quantitative estimate of drug-likeness (QED) is 0.660. The Labute approximate surface area is 120 Å². The molecule has 0 aromatic carbocycles. The van der Waals surface area contributed by atoms with Crippen molar-refractivity contribution in [3.05, 3.63) is 17.7 Å². The Morgan fingerprint density at radius 3 is 2.71 bits per heavy atom. The molecular weight excluding hydrogens is 280 g/mol. The summed E-state index contributed by atoms with van der Waals surface area (Å²) in [5.74, 6) is -2.23. The highest BCUT2D eigenvalue weighted by atomic mass is 16.5. The van der Waals surface area contributed by atoms with E-state index in [1.54, 1.807) is 11.8 Å². The van der Waals surface area contributed by atoms with Crippen molar-refractivity contribution in [2.45, 2.75) is 13.0 Å². The van der Waals surface area contributed by atoms with Gasteiger partial charge in [-0.15, -0.1) is 0 Å². The van der Waals surface area contributed by atoms with Gasteiger partial charge in [-0.1, -0.05) is 0 Å². The van der Waals surface area contributed by atoms with Crippen LogP contribution >= 0.6 is 0 Å². The lowest BCUT2D eigenvalue weighted by Gasteiger charge is -2.29. The molecule has 1 atom stereocenters. The van der Waals surface area contributed by atoms with E-state index < -0.39 is 17.9 Å². The van der Waals surface area contributed by atoms with E-state index in [1.165, 1.54) is 0 Å². The first-order valence-corrected chi connectivity index (χ1v) is 6.44. The number of aromatic nitrogens is 2. The monoisotopic (exact) mass is 296 g/mol. The van der Waals surface area contributed by atoms with Crippen LogP contribution in [0.4, 0.5) is 0 Å². The number of imidazole rings is 1. The molecule has 1 aromatic heterocycles. The van der Waals surface area contributed by atoms with E-state index in [4.69, 9.17) is 9.84 Å². The molecule has 1 unspecified atom stereocenters. The second kappa shape index (κ2) is 6.35. The second-order valence-electron chi connectivity index (χ2n) is 4.56. The SMILES string of the molecule is CC(NC(=O)c1nc[nH]c1C(=O)O)C(=O)N1CCOCC1. The summed E-state index contributed by atoms with van der Waals surface area (Å²) in [6.45, 7) is 3.43. The molecule has 21 heavy (non-hydrogen) atoms. The normalized spacial score (nSPS) is 16.3. The van der Waals surface area contributed by atoms with Gasteiger partial charge in [-0.25, -0.2) is 9.78 Å². The highest BCUT2D eigenvalue weighted by molar-refractivity contribution is 6.03. The Balaban J connectivity index is 1.99. The molecule has 2 amide bonds. The maximum absolute atomic E-state index is 12.1. The van der Waals surface area contributed by atoms with Crippen LogP contribution in [0.1, 0.15) is 27.9 Å². The zero-order valence-corrected chi connectivity index (χ0v) is 11.5. The van der Waals surface area contributed by atoms with Crippen molar-refractivity contribution in [1.82, 2.24) is 20.2 Å². The molecule has 1 aliphatic rings. The van der Waals surface area contributed by atoms with Crippen LogP contribution in [0, 0.1) is 0 Å². The van der Waals surface area contributed by atoms with Crippen molar-refractivity contribution in [2.75, 3.05) is 26.3 Å². The lowest BCUT2D eigenvalue weighted by atomic mass is 10.2. The summed E-state index contributed by atoms with van der Waals surface area (Å²) in [5.41, 5.74) is -0.553. The molecule has 1 fully saturated rings. The number of rotatable bonds is 4. The molecule has 1 aromatic rings. The van der Waals surface area contributed by atoms with E-state index in [9.17, 15) is 14.4 Å². The zero-order valence-electron chi connectivity index (χ0n) is 11.5. The predicted octanol–water partition coefficient (Wildman–Crippen LogP) is -0.915. The Hall–Kier alpha value is -2.42. The Kier molecular flexibility index (Phi) is 4.53. The summed E-state index contributed by atoms with van der Waals surface area (Å²) in [6, 6.07) is -0.769. The molecule has 3 N–H and O–H groups in total. The summed E-state index contributed by atoms with van der Waals surface area (Å²) < 4.78 is 5.15. The number of amides is 2. The average molecular weight is 296 g/mol. The van der Waals surface area contributed by atoms with Gasteiger partial charge in [0, 0.05) is 13.1 Å². The number of carboxylic acid groups (broad SMARTS) is 1. The third-order valence-electron chi connectivity index (χ3n) is 3.11. The van der Waals surface area contributed by atoms with Crippen LogP contribution in [0.3, 0.4) is 0 Å². The van der Waals surface area contributed by atoms with Crippen LogP contribution in [-0.4, -0.2) is 70.1 Å². The molecule has 0 bridgehead atoms. The molecule has 2 heterocycles. The fourth-order valence-corrected chi connectivity index (χ4v) is 2.01. The third kappa shape index (κ3) is 3.37. The molecule has 2 rings (SSSR count). The van der Waals surface area contributed by atoms with Crippen molar-refractivity contribution < 1.29 is 24.2 Å². The van der Waals surface area contributed by atoms with Gasteiger partial charge < -0.3 is 25.0 Å². The number of nitrogens with zero attached hydrogens (tertiary/aromatic N) is 2. The summed E-state index contributed by atoms with van der Waals surface area (Å²) in [4.78, 5) is 42.7. The number of aromatic carboxylic acids is 1. The van der Waals surface area contributed by atoms with Crippen LogP contribution < -0.4 is 5.32 Å². The second-order valence-corrected chi connectivity index (χ2v) is 4.56. The number of ether oxygens (including phenoxy) is 1. The summed E-state index contributed by atoms with van der Waals surface area (Å²) in [6.07, 6.45) is 1.12. The molecule has 1 saturated heterocycles. The highest BCUT2D eigenvalue weighted by Gasteiger charge is 2.26. The molecule has 0 radical (unpaired) electrons. The molecule has 9 nitrogen and oxygen atoms in total. The van der Waals surface area contributed by atoms with Crippen molar-refractivity contribution >= 4 is 17.8 Å². The first kappa shape index (κ1) is 15.0. The van der Waals surface area contributed by atoms with Crippen LogP contribution in [0.5, 0.6) is 0 Å². The van der Waals surface area contributed by atoms with E-state index in [-0.39, 0.29) is 17.3 Å². The summed E-state index contributed by atoms with van der Waals surface area (Å²) in [5, 5.41) is 11.4. The number of carbonyl (C=O) groups is 3. The number of carbonyl (C=O) groups excluding carboxylic acids is 2. The average Bonchev–Trinajstić information content (AvgIpc) is 2.97. The minimum atomic E-state index is -1.29. The molecule has 1 aliphatic heterocycles. The Bertz CT molecular complexity index is 550. The van der Waals surface area contributed by atoms with E-state index in [0.717, 1.165) is 6.33 Å². The van der Waals surface area contributed by atoms with Crippen molar-refractivity contribution in [1.29, 1.82) is 0 Å². The fraction of sp³-hybridized carbons (Fsp3) is 0.500. The lowest BCUT2D eigenvalue weighted by Crippen LogP contribution is -2.50. The first-order valence-electron chi connectivity index (χ1n) is 6.44. The van der Waals surface area contributed by atoms with E-state index in [1.807, 2.05) is 0 Å². The minimum Gasteiger partial charge on any atom is -0.477 e. The number of hydrogen-bond acceptors (Lipinski definition) is 5. The summed E-state index contributed by atoms with van der Waals surface area (Å²) >= 11 is 0. The van der Waals surface area contributed by atoms with Crippen LogP contribution in [0.15, 0.2) is 6.33 Å². The van der Waals surface area contributed by atoms with Gasteiger partial charge in [-0.3, -0.25) is 9.59 Å². The van der Waals surface area contributed by atoms with Crippen molar-refractivity contribution in [2.24, 2.45) is 0 Å². The summed E-state index contributed by atoms with van der Waals surface area (Å²) in [7, 11) is 0. The number of morpholine rings is 1. The zero-order chi connectivity index (χ0) is 15.4. The van der Waals surface area contributed by atoms with E-state index >= 15 is 0 Å². The largest absolute Gasteiger partial charge is 0.477 e. The van der Waals surface area contributed by atoms with Crippen LogP contribution in [0.2, 0.25) is 0 Å². The number of nitrogens with one attached hydrogen (secondary N) is 2. The van der Waals surface area contributed by atoms with Crippen LogP contribution in [-0.2, 0) is 9.53 Å². The standard InChI is InChI=1S/C12H16N4O5/c1-7(11(18)16-2-4-21-5-3-16)15-10(17)8-9(12(19)20)14-6-13-8/h6-7H,2-5H2,1H3,(H,13,14)(H,15,17)(H,19,20). The topological polar surface area (TPSA) is 125 Å². The molecular formula is C12H16N4O5. The maximum atomic E-state index is 12.1. The minimum absolute atomic E-state index is 0.237. The highest BCUT2D eigenvalue weighted by Crippen LogP contribution is 2.05. The van der Waals surface area contributed by atoms with E-state index in [0.29, 0.717) is 26.3 Å². The van der Waals surface area contributed by atoms with Crippen molar-refractivity contribution in [3.63, 3.8) is 0 Å². The Morgan fingerprint density at radius 2 is 2.10 bits per heavy atom. The molecule has 114 valence electrons. The van der Waals surface area contributed by atoms with E-state index in [2.05, 4.69) is 15.3 Å². The molecule has 0 saturated carbocycles. The fourth-order valence-electron chi connectivity index (χ4n) is 2.01. The number of aromatic amines is 1. The van der Waals surface area contributed by atoms with Gasteiger partial charge in [-0.05, 0) is 6.92 Å². The van der Waals surface area contributed by atoms with Gasteiger partial charge >= 0.3 is 5.97 Å². The number of carboxylic acids is 1. The van der Waals surface area contributed by atoms with Crippen molar-refractivity contribution in [3.8, 4) is 0 Å². The third-order valence-corrected chi connectivity index (χ3v) is 3.11.